The number of rotatable bonds is 6. The van der Waals surface area contributed by atoms with Crippen LogP contribution in [-0.4, -0.2) is 44.1 Å². The Bertz CT molecular complexity index is 1180. The van der Waals surface area contributed by atoms with Gasteiger partial charge in [-0.25, -0.2) is 4.79 Å². The molecule has 1 fully saturated rings. The van der Waals surface area contributed by atoms with Crippen molar-refractivity contribution >= 4 is 59.1 Å². The van der Waals surface area contributed by atoms with Gasteiger partial charge in [-0.3, -0.25) is 9.69 Å². The second kappa shape index (κ2) is 10.5. The van der Waals surface area contributed by atoms with Gasteiger partial charge in [0.25, 0.3) is 0 Å². The predicted octanol–water partition coefficient (Wildman–Crippen LogP) is 4.15. The molecule has 5 rings (SSSR count). The first kappa shape index (κ1) is 24.7. The molecule has 176 valence electrons. The van der Waals surface area contributed by atoms with Crippen molar-refractivity contribution in [2.24, 2.45) is 5.73 Å². The van der Waals surface area contributed by atoms with Crippen molar-refractivity contribution < 1.29 is 14.3 Å². The molecule has 2 aromatic carbocycles. The monoisotopic (exact) mass is 532 g/mol. The molecule has 1 aromatic heterocycles. The van der Waals surface area contributed by atoms with E-state index in [1.54, 1.807) is 11.8 Å². The van der Waals surface area contributed by atoms with Crippen molar-refractivity contribution in [2.75, 3.05) is 5.75 Å². The Morgan fingerprint density at radius 2 is 1.74 bits per heavy atom. The quantitative estimate of drug-likeness (QED) is 0.373. The first-order valence-corrected chi connectivity index (χ1v) is 12.9. The van der Waals surface area contributed by atoms with E-state index in [0.717, 1.165) is 21.0 Å². The number of carbonyl (C=O) groups excluding carboxylic acids is 2. The molecular formula is C23H21ClN4O3S3. The Balaban J connectivity index is 0.00000274. The number of nitrogens with zero attached hydrogens (tertiary/aromatic N) is 3. The zero-order valence-corrected chi connectivity index (χ0v) is 21.3. The predicted molar refractivity (Wildman–Crippen MR) is 137 cm³/mol. The molecule has 3 heterocycles. The molecule has 3 aromatic rings. The number of benzene rings is 2. The van der Waals surface area contributed by atoms with E-state index in [4.69, 9.17) is 10.5 Å². The molecule has 0 aliphatic carbocycles. The number of nitrogens with two attached hydrogens (primary N) is 1. The summed E-state index contributed by atoms with van der Waals surface area (Å²) in [5.74, 6) is -0.291. The number of hydrogen-bond donors (Lipinski definition) is 1. The molecule has 0 bridgehead atoms. The Kier molecular flexibility index (Phi) is 7.63. The molecule has 0 spiro atoms. The lowest BCUT2D eigenvalue weighted by atomic mass is 10.0. The van der Waals surface area contributed by atoms with Gasteiger partial charge < -0.3 is 10.5 Å². The fourth-order valence-electron chi connectivity index (χ4n) is 3.73. The number of fused-ring (bicyclic) bond motifs is 1. The van der Waals surface area contributed by atoms with Crippen molar-refractivity contribution in [2.45, 2.75) is 28.8 Å². The minimum absolute atomic E-state index is 0. The number of thioether (sulfide) groups is 2. The van der Waals surface area contributed by atoms with E-state index in [-0.39, 0.29) is 29.4 Å². The van der Waals surface area contributed by atoms with Crippen molar-refractivity contribution in [3.05, 3.63) is 87.4 Å². The van der Waals surface area contributed by atoms with Crippen molar-refractivity contribution in [3.8, 4) is 0 Å². The molecule has 1 saturated heterocycles. The Morgan fingerprint density at radius 1 is 1.12 bits per heavy atom. The second-order valence-electron chi connectivity index (χ2n) is 7.50. The summed E-state index contributed by atoms with van der Waals surface area (Å²) in [6, 6.07) is 18.5. The third-order valence-electron chi connectivity index (χ3n) is 5.32. The van der Waals surface area contributed by atoms with Crippen LogP contribution in [0.2, 0.25) is 0 Å². The third-order valence-corrected chi connectivity index (χ3v) is 8.77. The molecule has 1 amide bonds. The second-order valence-corrected chi connectivity index (χ2v) is 11.1. The van der Waals surface area contributed by atoms with Crippen molar-refractivity contribution in [1.29, 1.82) is 0 Å². The van der Waals surface area contributed by atoms with Crippen LogP contribution in [0.15, 0.2) is 75.6 Å². The first-order valence-electron chi connectivity index (χ1n) is 10.2. The number of hydrogen-bond acceptors (Lipinski definition) is 9. The molecule has 0 radical (unpaired) electrons. The number of aryl methyl sites for hydroxylation is 1. The molecule has 0 unspecified atom stereocenters. The summed E-state index contributed by atoms with van der Waals surface area (Å²) in [6.07, 6.45) is -0.611. The topological polar surface area (TPSA) is 98.4 Å². The maximum Gasteiger partial charge on any atom is 0.356 e. The van der Waals surface area contributed by atoms with E-state index in [9.17, 15) is 9.59 Å². The summed E-state index contributed by atoms with van der Waals surface area (Å²) in [7, 11) is 0. The summed E-state index contributed by atoms with van der Waals surface area (Å²) in [6.45, 7) is 1.87. The van der Waals surface area contributed by atoms with Gasteiger partial charge in [0, 0.05) is 10.7 Å². The van der Waals surface area contributed by atoms with Crippen molar-refractivity contribution in [1.82, 2.24) is 15.1 Å². The highest BCUT2D eigenvalue weighted by atomic mass is 35.5. The Morgan fingerprint density at radius 3 is 2.29 bits per heavy atom. The summed E-state index contributed by atoms with van der Waals surface area (Å²) in [5.41, 5.74) is 7.95. The van der Waals surface area contributed by atoms with E-state index < -0.39 is 18.1 Å². The minimum Gasteiger partial charge on any atom is -0.448 e. The van der Waals surface area contributed by atoms with Crippen LogP contribution in [0.5, 0.6) is 0 Å². The van der Waals surface area contributed by atoms with Gasteiger partial charge in [-0.05, 0) is 18.1 Å². The van der Waals surface area contributed by atoms with Gasteiger partial charge in [0.1, 0.15) is 22.1 Å². The minimum atomic E-state index is -0.618. The fraction of sp³-hybridized carbons (Fsp3) is 0.217. The molecule has 7 nitrogen and oxygen atoms in total. The Hall–Kier alpha value is -2.37. The van der Waals surface area contributed by atoms with Crippen LogP contribution in [0, 0.1) is 6.92 Å². The van der Waals surface area contributed by atoms with Crippen LogP contribution in [0.25, 0.3) is 0 Å². The van der Waals surface area contributed by atoms with Gasteiger partial charge in [-0.1, -0.05) is 83.8 Å². The highest BCUT2D eigenvalue weighted by molar-refractivity contribution is 8.07. The lowest BCUT2D eigenvalue weighted by Crippen LogP contribution is -2.68. The van der Waals surface area contributed by atoms with Gasteiger partial charge in [-0.2, -0.15) is 0 Å². The van der Waals surface area contributed by atoms with E-state index >= 15 is 0 Å². The van der Waals surface area contributed by atoms with E-state index in [0.29, 0.717) is 10.1 Å². The molecule has 11 heteroatoms. The normalized spacial score (nSPS) is 19.4. The number of aromatic nitrogens is 2. The maximum atomic E-state index is 13.6. The third kappa shape index (κ3) is 4.73. The average molecular weight is 533 g/mol. The zero-order chi connectivity index (χ0) is 22.9. The number of halogens is 1. The molecular weight excluding hydrogens is 512 g/mol. The van der Waals surface area contributed by atoms with Gasteiger partial charge in [0.2, 0.25) is 5.91 Å². The van der Waals surface area contributed by atoms with Crippen LogP contribution < -0.4 is 5.73 Å². The summed E-state index contributed by atoms with van der Waals surface area (Å²) >= 11 is 4.33. The number of esters is 1. The summed E-state index contributed by atoms with van der Waals surface area (Å²) in [5, 5.41) is 8.78. The largest absolute Gasteiger partial charge is 0.448 e. The van der Waals surface area contributed by atoms with Crippen LogP contribution >= 0.6 is 47.3 Å². The maximum absolute atomic E-state index is 13.6. The fourth-order valence-corrected chi connectivity index (χ4v) is 7.13. The number of β-lactam (4-membered cyclic amide) rings is 1. The Labute approximate surface area is 215 Å². The lowest BCUT2D eigenvalue weighted by molar-refractivity contribution is -0.152. The highest BCUT2D eigenvalue weighted by Crippen LogP contribution is 2.45. The van der Waals surface area contributed by atoms with Gasteiger partial charge >= 0.3 is 5.97 Å². The van der Waals surface area contributed by atoms with Gasteiger partial charge in [0.15, 0.2) is 10.4 Å². The molecule has 34 heavy (non-hydrogen) atoms. The highest BCUT2D eigenvalue weighted by Gasteiger charge is 2.52. The smallest absolute Gasteiger partial charge is 0.356 e. The molecule has 2 atom stereocenters. The number of ether oxygens (including phenoxy) is 1. The average Bonchev–Trinajstić information content (AvgIpc) is 3.27. The summed E-state index contributed by atoms with van der Waals surface area (Å²) < 4.78 is 6.80. The van der Waals surface area contributed by atoms with E-state index in [1.165, 1.54) is 28.0 Å². The number of amides is 1. The molecule has 0 saturated carbocycles. The lowest BCUT2D eigenvalue weighted by Gasteiger charge is -2.48. The van der Waals surface area contributed by atoms with Crippen LogP contribution in [0.3, 0.4) is 0 Å². The van der Waals surface area contributed by atoms with E-state index in [1.807, 2.05) is 67.6 Å². The van der Waals surface area contributed by atoms with Crippen LogP contribution in [0.4, 0.5) is 0 Å². The summed E-state index contributed by atoms with van der Waals surface area (Å²) in [4.78, 5) is 28.5. The standard InChI is InChI=1S/C23H20N4O3S3.ClH/c1-13-25-26-23(32-13)33-16-12-31-21-17(24)20(28)27(21)18(16)22(29)30-19(14-8-4-2-5-9-14)15-10-6-3-7-11-15;/h2-11,17,19,21H,12,24H2,1H3;1H/t17-,21+;/m1./s1. The SMILES string of the molecule is Cc1nnc(SC2=C(C(=O)OC(c3ccccc3)c3ccccc3)N3C(=O)[C@@H](N)[C@@H]3SC2)s1.Cl. The van der Waals surface area contributed by atoms with Gasteiger partial charge in [-0.15, -0.1) is 34.4 Å². The molecule has 2 aliphatic rings. The van der Waals surface area contributed by atoms with Crippen LogP contribution in [-0.2, 0) is 14.3 Å². The zero-order valence-electron chi connectivity index (χ0n) is 18.0. The molecule has 2 N–H and O–H groups in total. The number of carbonyl (C=O) groups is 2. The van der Waals surface area contributed by atoms with Crippen LogP contribution in [0.1, 0.15) is 22.2 Å². The first-order chi connectivity index (χ1) is 16.0. The van der Waals surface area contributed by atoms with Gasteiger partial charge in [0.05, 0.1) is 0 Å². The molecule has 2 aliphatic heterocycles. The van der Waals surface area contributed by atoms with Crippen molar-refractivity contribution in [3.63, 3.8) is 0 Å². The van der Waals surface area contributed by atoms with E-state index in [2.05, 4.69) is 10.2 Å².